The molecule has 3 nitrogen and oxygen atoms in total. The highest BCUT2D eigenvalue weighted by Crippen LogP contribution is 2.28. The second kappa shape index (κ2) is 11.6. The number of benzene rings is 4. The Kier molecular flexibility index (Phi) is 7.65. The molecule has 6 heteroatoms. The van der Waals surface area contributed by atoms with Crippen LogP contribution in [-0.4, -0.2) is 15.0 Å². The van der Waals surface area contributed by atoms with Gasteiger partial charge in [0.25, 0.3) is 0 Å². The average molecular weight is 508 g/mol. The Morgan fingerprint density at radius 3 is 1.49 bits per heavy atom. The molecule has 0 N–H and O–H groups in total. The molecule has 0 aliphatic heterocycles. The molecule has 0 aliphatic rings. The van der Waals surface area contributed by atoms with Crippen LogP contribution in [0.2, 0.25) is 0 Å². The Hall–Kier alpha value is -3.71. The first kappa shape index (κ1) is 23.1. The molecule has 0 saturated carbocycles. The highest BCUT2D eigenvalue weighted by atomic mass is 32.1. The zero-order chi connectivity index (χ0) is 23.7. The number of fused-ring (bicyclic) bond motifs is 2. The molecule has 7 aromatic rings. The van der Waals surface area contributed by atoms with Crippen molar-refractivity contribution in [3.63, 3.8) is 0 Å². The lowest BCUT2D eigenvalue weighted by atomic mass is 10.2. The number of aromatic nitrogens is 3. The second-order valence-electron chi connectivity index (χ2n) is 7.41. The predicted molar refractivity (Wildman–Crippen MR) is 152 cm³/mol. The van der Waals surface area contributed by atoms with Crippen molar-refractivity contribution in [3.8, 4) is 21.8 Å². The molecule has 35 heavy (non-hydrogen) atoms. The summed E-state index contributed by atoms with van der Waals surface area (Å²) >= 11 is 5.04. The molecule has 0 bridgehead atoms. The zero-order valence-corrected chi connectivity index (χ0v) is 21.1. The van der Waals surface area contributed by atoms with Gasteiger partial charge in [-0.2, -0.15) is 0 Å². The van der Waals surface area contributed by atoms with Gasteiger partial charge in [-0.3, -0.25) is 0 Å². The molecule has 3 aromatic heterocycles. The van der Waals surface area contributed by atoms with E-state index in [4.69, 9.17) is 0 Å². The van der Waals surface area contributed by atoms with Crippen molar-refractivity contribution in [3.05, 3.63) is 126 Å². The molecule has 3 heterocycles. The molecular formula is C29H21N3S3. The fraction of sp³-hybridized carbons (Fsp3) is 0. The normalized spacial score (nSPS) is 10.3. The summed E-state index contributed by atoms with van der Waals surface area (Å²) < 4.78 is 2.52. The van der Waals surface area contributed by atoms with Gasteiger partial charge in [-0.1, -0.05) is 84.9 Å². The molecule has 0 amide bonds. The van der Waals surface area contributed by atoms with E-state index in [1.165, 1.54) is 20.5 Å². The van der Waals surface area contributed by atoms with Crippen LogP contribution in [0.25, 0.3) is 42.3 Å². The van der Waals surface area contributed by atoms with Gasteiger partial charge >= 0.3 is 0 Å². The molecule has 0 fully saturated rings. The first-order valence-electron chi connectivity index (χ1n) is 11.0. The molecular weight excluding hydrogens is 487 g/mol. The number of para-hydroxylation sites is 2. The van der Waals surface area contributed by atoms with Gasteiger partial charge in [-0.15, -0.1) is 34.0 Å². The van der Waals surface area contributed by atoms with Crippen LogP contribution < -0.4 is 0 Å². The number of hydrogen-bond acceptors (Lipinski definition) is 6. The number of hydrogen-bond donors (Lipinski definition) is 0. The monoisotopic (exact) mass is 507 g/mol. The first-order valence-corrected chi connectivity index (χ1v) is 13.6. The zero-order valence-electron chi connectivity index (χ0n) is 18.7. The van der Waals surface area contributed by atoms with E-state index in [2.05, 4.69) is 56.7 Å². The van der Waals surface area contributed by atoms with E-state index in [9.17, 15) is 0 Å². The van der Waals surface area contributed by atoms with Crippen LogP contribution in [0.5, 0.6) is 0 Å². The lowest BCUT2D eigenvalue weighted by molar-refractivity contribution is 1.40. The quantitative estimate of drug-likeness (QED) is 0.234. The summed E-state index contributed by atoms with van der Waals surface area (Å²) in [4.78, 5) is 12.9. The van der Waals surface area contributed by atoms with Crippen molar-refractivity contribution in [1.82, 2.24) is 15.0 Å². The lowest BCUT2D eigenvalue weighted by Crippen LogP contribution is -1.78. The minimum absolute atomic E-state index is 1.05. The summed E-state index contributed by atoms with van der Waals surface area (Å²) in [5.41, 5.74) is 9.33. The van der Waals surface area contributed by atoms with Gasteiger partial charge in [0.2, 0.25) is 0 Å². The van der Waals surface area contributed by atoms with Crippen LogP contribution in [0.15, 0.2) is 126 Å². The molecule has 0 aliphatic carbocycles. The van der Waals surface area contributed by atoms with E-state index in [-0.39, 0.29) is 0 Å². The van der Waals surface area contributed by atoms with Gasteiger partial charge < -0.3 is 0 Å². The van der Waals surface area contributed by atoms with E-state index in [0.29, 0.717) is 0 Å². The highest BCUT2D eigenvalue weighted by molar-refractivity contribution is 7.17. The summed E-state index contributed by atoms with van der Waals surface area (Å²) in [7, 11) is 0. The molecule has 0 unspecified atom stereocenters. The third kappa shape index (κ3) is 6.05. The average Bonchev–Trinajstić information content (AvgIpc) is 3.71. The van der Waals surface area contributed by atoms with Crippen molar-refractivity contribution in [2.24, 2.45) is 0 Å². The minimum atomic E-state index is 1.05. The maximum atomic E-state index is 4.67. The van der Waals surface area contributed by atoms with Crippen LogP contribution >= 0.6 is 34.0 Å². The number of nitrogens with zero attached hydrogens (tertiary/aromatic N) is 3. The van der Waals surface area contributed by atoms with Crippen LogP contribution in [0, 0.1) is 0 Å². The Labute approximate surface area is 216 Å². The van der Waals surface area contributed by atoms with Gasteiger partial charge in [0.15, 0.2) is 0 Å². The highest BCUT2D eigenvalue weighted by Gasteiger charge is 2.05. The maximum absolute atomic E-state index is 4.67. The third-order valence-electron chi connectivity index (χ3n) is 5.07. The first-order chi connectivity index (χ1) is 17.4. The molecule has 4 aromatic carbocycles. The molecule has 0 spiro atoms. The van der Waals surface area contributed by atoms with Crippen LogP contribution in [-0.2, 0) is 0 Å². The number of thiazole rings is 3. The van der Waals surface area contributed by atoms with Crippen LogP contribution in [0.3, 0.4) is 0 Å². The molecule has 170 valence electrons. The summed E-state index contributed by atoms with van der Waals surface area (Å²) in [5, 5.41) is 3.18. The summed E-state index contributed by atoms with van der Waals surface area (Å²) in [5.74, 6) is 0. The van der Waals surface area contributed by atoms with E-state index in [0.717, 1.165) is 21.7 Å². The Balaban J connectivity index is 0.000000119. The third-order valence-corrected chi connectivity index (χ3v) is 7.58. The van der Waals surface area contributed by atoms with E-state index >= 15 is 0 Å². The SMILES string of the molecule is c1ccc(-c2csc(-c3ccccc3)n2)cc1.c1ccc2scnc2c1.c1ccc2scnc2c1. The van der Waals surface area contributed by atoms with Gasteiger partial charge in [-0.05, 0) is 24.3 Å². The second-order valence-corrected chi connectivity index (χ2v) is 10.0. The van der Waals surface area contributed by atoms with Crippen molar-refractivity contribution in [2.45, 2.75) is 0 Å². The molecule has 0 atom stereocenters. The summed E-state index contributed by atoms with van der Waals surface area (Å²) in [6.07, 6.45) is 0. The lowest BCUT2D eigenvalue weighted by Gasteiger charge is -1.95. The maximum Gasteiger partial charge on any atom is 0.124 e. The topological polar surface area (TPSA) is 38.7 Å². The summed E-state index contributed by atoms with van der Waals surface area (Å²) in [6, 6.07) is 36.8. The van der Waals surface area contributed by atoms with Gasteiger partial charge in [0.05, 0.1) is 37.1 Å². The van der Waals surface area contributed by atoms with E-state index in [1.54, 1.807) is 34.0 Å². The van der Waals surface area contributed by atoms with Crippen molar-refractivity contribution < 1.29 is 0 Å². The molecule has 0 saturated heterocycles. The van der Waals surface area contributed by atoms with Crippen molar-refractivity contribution in [2.75, 3.05) is 0 Å². The fourth-order valence-corrected chi connectivity index (χ4v) is 5.53. The van der Waals surface area contributed by atoms with Crippen molar-refractivity contribution in [1.29, 1.82) is 0 Å². The van der Waals surface area contributed by atoms with Gasteiger partial charge in [0, 0.05) is 16.5 Å². The van der Waals surface area contributed by atoms with Gasteiger partial charge in [0.1, 0.15) is 5.01 Å². The van der Waals surface area contributed by atoms with Gasteiger partial charge in [-0.25, -0.2) is 15.0 Å². The Morgan fingerprint density at radius 2 is 0.943 bits per heavy atom. The Bertz CT molecular complexity index is 1420. The largest absolute Gasteiger partial charge is 0.245 e. The van der Waals surface area contributed by atoms with Crippen molar-refractivity contribution >= 4 is 54.4 Å². The van der Waals surface area contributed by atoms with E-state index < -0.39 is 0 Å². The predicted octanol–water partition coefficient (Wildman–Crippen LogP) is 9.07. The number of rotatable bonds is 2. The molecule has 0 radical (unpaired) electrons. The smallest absolute Gasteiger partial charge is 0.124 e. The van der Waals surface area contributed by atoms with Crippen LogP contribution in [0.1, 0.15) is 0 Å². The summed E-state index contributed by atoms with van der Waals surface area (Å²) in [6.45, 7) is 0. The minimum Gasteiger partial charge on any atom is -0.245 e. The molecule has 7 rings (SSSR count). The fourth-order valence-electron chi connectivity index (χ4n) is 3.34. The van der Waals surface area contributed by atoms with E-state index in [1.807, 2.05) is 83.8 Å². The standard InChI is InChI=1S/C15H11NS.2C7H5NS/c1-3-7-12(8-4-1)14-11-17-15(16-14)13-9-5-2-6-10-13;2*1-2-4-7-6(3-1)8-5-9-7/h1-11H;2*1-5H. The Morgan fingerprint density at radius 1 is 0.457 bits per heavy atom. The van der Waals surface area contributed by atoms with Crippen LogP contribution in [0.4, 0.5) is 0 Å².